The molecule has 2 heterocycles. The third-order valence-corrected chi connectivity index (χ3v) is 2.49. The molecule has 0 amide bonds. The Bertz CT molecular complexity index is 407. The van der Waals surface area contributed by atoms with Crippen molar-refractivity contribution >= 4 is 0 Å². The maximum atomic E-state index is 11.0. The topological polar surface area (TPSA) is 59.7 Å². The van der Waals surface area contributed by atoms with Gasteiger partial charge in [-0.25, -0.2) is 4.79 Å². The molecule has 1 N–H and O–H groups in total. The quantitative estimate of drug-likeness (QED) is 0.661. The third kappa shape index (κ3) is 1.42. The molecule has 0 unspecified atom stereocenters. The Labute approximate surface area is 81.1 Å². The van der Waals surface area contributed by atoms with Gasteiger partial charge in [-0.15, -0.1) is 0 Å². The van der Waals surface area contributed by atoms with E-state index in [1.165, 1.54) is 6.07 Å². The summed E-state index contributed by atoms with van der Waals surface area (Å²) in [5, 5.41) is 9.57. The minimum Gasteiger partial charge on any atom is -0.487 e. The Morgan fingerprint density at radius 1 is 1.57 bits per heavy atom. The maximum Gasteiger partial charge on any atom is 0.339 e. The van der Waals surface area contributed by atoms with Crippen LogP contribution in [0.15, 0.2) is 15.3 Å². The molecular formula is C10H12O4. The van der Waals surface area contributed by atoms with E-state index in [0.717, 1.165) is 5.56 Å². The van der Waals surface area contributed by atoms with Gasteiger partial charge in [0.15, 0.2) is 0 Å². The van der Waals surface area contributed by atoms with Gasteiger partial charge in [-0.2, -0.15) is 0 Å². The van der Waals surface area contributed by atoms with E-state index in [2.05, 4.69) is 0 Å². The van der Waals surface area contributed by atoms with Crippen LogP contribution in [-0.4, -0.2) is 17.3 Å². The van der Waals surface area contributed by atoms with Gasteiger partial charge in [0.25, 0.3) is 0 Å². The summed E-state index contributed by atoms with van der Waals surface area (Å²) in [6.45, 7) is 3.48. The zero-order valence-electron chi connectivity index (χ0n) is 8.11. The van der Waals surface area contributed by atoms with E-state index < -0.39 is 11.7 Å². The lowest BCUT2D eigenvalue weighted by Crippen LogP contribution is -2.35. The van der Waals surface area contributed by atoms with Crippen molar-refractivity contribution in [3.63, 3.8) is 0 Å². The van der Waals surface area contributed by atoms with E-state index in [9.17, 15) is 9.90 Å². The highest BCUT2D eigenvalue weighted by atomic mass is 16.5. The summed E-state index contributed by atoms with van der Waals surface area (Å²) in [5.41, 5.74) is 0.375. The lowest BCUT2D eigenvalue weighted by Gasteiger charge is -2.27. The second kappa shape index (κ2) is 3.13. The second-order valence-corrected chi connectivity index (χ2v) is 3.56. The fourth-order valence-corrected chi connectivity index (χ4v) is 1.61. The lowest BCUT2D eigenvalue weighted by atomic mass is 10.0. The summed E-state index contributed by atoms with van der Waals surface area (Å²) in [6, 6.07) is 1.32. The molecule has 0 spiro atoms. The van der Waals surface area contributed by atoms with E-state index in [1.54, 1.807) is 13.8 Å². The zero-order valence-corrected chi connectivity index (χ0v) is 8.11. The first kappa shape index (κ1) is 9.27. The molecule has 76 valence electrons. The summed E-state index contributed by atoms with van der Waals surface area (Å²) in [6.07, 6.45) is -0.329. The number of rotatable bonds is 0. The predicted octanol–water partition coefficient (Wildman–Crippen LogP) is 0.633. The van der Waals surface area contributed by atoms with Crippen LogP contribution in [-0.2, 0) is 6.42 Å². The Balaban J connectivity index is 2.52. The molecule has 1 aliphatic heterocycles. The smallest absolute Gasteiger partial charge is 0.339 e. The van der Waals surface area contributed by atoms with Crippen LogP contribution in [0, 0.1) is 6.92 Å². The molecule has 1 aromatic rings. The largest absolute Gasteiger partial charge is 0.487 e. The van der Waals surface area contributed by atoms with Crippen molar-refractivity contribution in [2.24, 2.45) is 0 Å². The van der Waals surface area contributed by atoms with Crippen LogP contribution in [0.1, 0.15) is 18.2 Å². The molecule has 1 aromatic heterocycles. The summed E-state index contributed by atoms with van der Waals surface area (Å²) in [7, 11) is 0. The van der Waals surface area contributed by atoms with Crippen molar-refractivity contribution in [3.05, 3.63) is 27.8 Å². The molecule has 0 radical (unpaired) electrons. The van der Waals surface area contributed by atoms with E-state index in [0.29, 0.717) is 17.9 Å². The molecule has 0 saturated heterocycles. The van der Waals surface area contributed by atoms with Crippen LogP contribution in [0.4, 0.5) is 0 Å². The summed E-state index contributed by atoms with van der Waals surface area (Å²) in [5.74, 6) is 1.06. The van der Waals surface area contributed by atoms with Crippen molar-refractivity contribution in [1.82, 2.24) is 0 Å². The Morgan fingerprint density at radius 3 is 3.00 bits per heavy atom. The minimum atomic E-state index is -0.533. The molecule has 0 aliphatic carbocycles. The fraction of sp³-hybridized carbons (Fsp3) is 0.500. The van der Waals surface area contributed by atoms with Crippen molar-refractivity contribution in [2.45, 2.75) is 32.5 Å². The van der Waals surface area contributed by atoms with Gasteiger partial charge in [0.1, 0.15) is 17.6 Å². The van der Waals surface area contributed by atoms with Crippen LogP contribution >= 0.6 is 0 Å². The van der Waals surface area contributed by atoms with Gasteiger partial charge in [0, 0.05) is 12.0 Å². The molecule has 1 aliphatic rings. The van der Waals surface area contributed by atoms with Gasteiger partial charge >= 0.3 is 5.63 Å². The van der Waals surface area contributed by atoms with E-state index in [4.69, 9.17) is 9.15 Å². The number of hydrogen-bond acceptors (Lipinski definition) is 4. The third-order valence-electron chi connectivity index (χ3n) is 2.49. The number of aliphatic hydroxyl groups excluding tert-OH is 1. The van der Waals surface area contributed by atoms with E-state index >= 15 is 0 Å². The van der Waals surface area contributed by atoms with Crippen molar-refractivity contribution in [3.8, 4) is 5.75 Å². The first-order valence-electron chi connectivity index (χ1n) is 4.56. The van der Waals surface area contributed by atoms with Gasteiger partial charge in [-0.05, 0) is 13.8 Å². The average Bonchev–Trinajstić information content (AvgIpc) is 2.08. The fourth-order valence-electron chi connectivity index (χ4n) is 1.61. The molecular weight excluding hydrogens is 184 g/mol. The number of fused-ring (bicyclic) bond motifs is 1. The number of ether oxygens (including phenoxy) is 1. The number of aryl methyl sites for hydroxylation is 1. The number of aliphatic hydroxyl groups is 1. The van der Waals surface area contributed by atoms with Crippen molar-refractivity contribution in [1.29, 1.82) is 0 Å². The minimum absolute atomic E-state index is 0.274. The lowest BCUT2D eigenvalue weighted by molar-refractivity contribution is 0.0311. The Kier molecular flexibility index (Phi) is 2.07. The summed E-state index contributed by atoms with van der Waals surface area (Å²) < 4.78 is 10.3. The molecule has 2 atom stereocenters. The summed E-state index contributed by atoms with van der Waals surface area (Å²) in [4.78, 5) is 11.0. The highest BCUT2D eigenvalue weighted by Crippen LogP contribution is 2.28. The molecule has 4 nitrogen and oxygen atoms in total. The van der Waals surface area contributed by atoms with Crippen LogP contribution in [0.25, 0.3) is 0 Å². The highest BCUT2D eigenvalue weighted by molar-refractivity contribution is 5.36. The Morgan fingerprint density at radius 2 is 2.29 bits per heavy atom. The van der Waals surface area contributed by atoms with Crippen molar-refractivity contribution in [2.75, 3.05) is 0 Å². The highest BCUT2D eigenvalue weighted by Gasteiger charge is 2.27. The normalized spacial score (nSPS) is 25.4. The van der Waals surface area contributed by atoms with Gasteiger partial charge in [-0.1, -0.05) is 0 Å². The first-order valence-corrected chi connectivity index (χ1v) is 4.56. The molecule has 14 heavy (non-hydrogen) atoms. The molecule has 0 fully saturated rings. The summed E-state index contributed by atoms with van der Waals surface area (Å²) >= 11 is 0. The first-order chi connectivity index (χ1) is 6.58. The van der Waals surface area contributed by atoms with Gasteiger partial charge in [-0.3, -0.25) is 0 Å². The Hall–Kier alpha value is -1.29. The molecule has 0 bridgehead atoms. The molecule has 0 saturated carbocycles. The number of hydrogen-bond donors (Lipinski definition) is 1. The van der Waals surface area contributed by atoms with Crippen LogP contribution < -0.4 is 10.4 Å². The molecule has 4 heteroatoms. The molecule has 0 aromatic carbocycles. The van der Waals surface area contributed by atoms with Crippen molar-refractivity contribution < 1.29 is 14.3 Å². The maximum absolute atomic E-state index is 11.0. The predicted molar refractivity (Wildman–Crippen MR) is 49.5 cm³/mol. The average molecular weight is 196 g/mol. The van der Waals surface area contributed by atoms with E-state index in [-0.39, 0.29) is 6.10 Å². The van der Waals surface area contributed by atoms with Crippen LogP contribution in [0.3, 0.4) is 0 Å². The SMILES string of the molecule is Cc1oc(=O)cc2c1C[C@@H](O)[C@H](C)O2. The van der Waals surface area contributed by atoms with Gasteiger partial charge < -0.3 is 14.3 Å². The standard InChI is InChI=1S/C10H12O4/c1-5-7-3-8(11)6(2)13-9(7)4-10(12)14-5/h4,6,8,11H,3H2,1-2H3/t6-,8+/m0/s1. The second-order valence-electron chi connectivity index (χ2n) is 3.56. The monoisotopic (exact) mass is 196 g/mol. The van der Waals surface area contributed by atoms with E-state index in [1.807, 2.05) is 0 Å². The van der Waals surface area contributed by atoms with Crippen LogP contribution in [0.2, 0.25) is 0 Å². The van der Waals surface area contributed by atoms with Gasteiger partial charge in [0.2, 0.25) is 0 Å². The van der Waals surface area contributed by atoms with Gasteiger partial charge in [0.05, 0.1) is 12.2 Å². The molecule has 2 rings (SSSR count). The van der Waals surface area contributed by atoms with Crippen LogP contribution in [0.5, 0.6) is 5.75 Å². The zero-order chi connectivity index (χ0) is 10.3.